The predicted octanol–water partition coefficient (Wildman–Crippen LogP) is 7.27. The van der Waals surface area contributed by atoms with Gasteiger partial charge in [0.25, 0.3) is 0 Å². The molecule has 4 rings (SSSR count). The molecule has 0 amide bonds. The van der Waals surface area contributed by atoms with E-state index < -0.39 is 11.9 Å². The van der Waals surface area contributed by atoms with Crippen molar-refractivity contribution in [2.24, 2.45) is 11.8 Å². The van der Waals surface area contributed by atoms with Crippen LogP contribution in [0.4, 0.5) is 0 Å². The Kier molecular flexibility index (Phi) is 15.5. The zero-order valence-electron chi connectivity index (χ0n) is 32.2. The summed E-state index contributed by atoms with van der Waals surface area (Å²) in [5.74, 6) is 2.37. The maximum atomic E-state index is 13.6. The number of rotatable bonds is 21. The van der Waals surface area contributed by atoms with Crippen LogP contribution >= 0.6 is 0 Å². The molecule has 0 saturated heterocycles. The quantitative estimate of drug-likeness (QED) is 0.0629. The van der Waals surface area contributed by atoms with E-state index in [1.165, 1.54) is 42.7 Å². The molecular weight excluding hydrogens is 696 g/mol. The summed E-state index contributed by atoms with van der Waals surface area (Å²) in [6, 6.07) is 22.0. The van der Waals surface area contributed by atoms with Crippen molar-refractivity contribution in [1.82, 2.24) is 0 Å². The van der Waals surface area contributed by atoms with E-state index in [0.717, 1.165) is 22.6 Å². The lowest BCUT2D eigenvalue weighted by Crippen LogP contribution is -2.27. The normalized spacial score (nSPS) is 11.8. The van der Waals surface area contributed by atoms with Crippen LogP contribution < -0.4 is 37.9 Å². The fourth-order valence-electron chi connectivity index (χ4n) is 6.33. The molecule has 0 aliphatic heterocycles. The van der Waals surface area contributed by atoms with Crippen LogP contribution in [0.1, 0.15) is 44.7 Å². The second kappa shape index (κ2) is 20.5. The second-order valence-electron chi connectivity index (χ2n) is 12.3. The SMILES string of the molecule is COc1cccc(C[C@@H](CCCOC(=O)c2cc(OC)c(OC)c(OC)c2)[C@H](COC(=O)c2cc(OC)c(OC)c(OC)c2)Cc2cccc(OC)c2)c1. The zero-order chi connectivity index (χ0) is 39.0. The van der Waals surface area contributed by atoms with Gasteiger partial charge < -0.3 is 47.4 Å². The Morgan fingerprint density at radius 2 is 0.926 bits per heavy atom. The Hall–Kier alpha value is -5.78. The lowest BCUT2D eigenvalue weighted by molar-refractivity contribution is 0.0361. The third-order valence-electron chi connectivity index (χ3n) is 9.11. The van der Waals surface area contributed by atoms with Crippen molar-refractivity contribution in [1.29, 1.82) is 0 Å². The van der Waals surface area contributed by atoms with Crippen LogP contribution in [0.5, 0.6) is 46.0 Å². The third-order valence-corrected chi connectivity index (χ3v) is 9.11. The number of ether oxygens (including phenoxy) is 10. The smallest absolute Gasteiger partial charge is 0.338 e. The highest BCUT2D eigenvalue weighted by Gasteiger charge is 2.27. The number of esters is 2. The van der Waals surface area contributed by atoms with E-state index in [-0.39, 0.29) is 36.2 Å². The first-order chi connectivity index (χ1) is 26.2. The molecule has 12 nitrogen and oxygen atoms in total. The van der Waals surface area contributed by atoms with E-state index in [1.807, 2.05) is 48.5 Å². The highest BCUT2D eigenvalue weighted by Crippen LogP contribution is 2.40. The summed E-state index contributed by atoms with van der Waals surface area (Å²) in [5, 5.41) is 0. The molecule has 12 heteroatoms. The number of hydrogen-bond acceptors (Lipinski definition) is 12. The highest BCUT2D eigenvalue weighted by atomic mass is 16.5. The summed E-state index contributed by atoms with van der Waals surface area (Å²) >= 11 is 0. The summed E-state index contributed by atoms with van der Waals surface area (Å²) in [5.41, 5.74) is 2.60. The maximum Gasteiger partial charge on any atom is 0.338 e. The van der Waals surface area contributed by atoms with Gasteiger partial charge in [-0.3, -0.25) is 0 Å². The topological polar surface area (TPSA) is 126 Å². The van der Waals surface area contributed by atoms with Crippen molar-refractivity contribution in [3.05, 3.63) is 95.1 Å². The van der Waals surface area contributed by atoms with Crippen molar-refractivity contribution in [3.8, 4) is 46.0 Å². The summed E-state index contributed by atoms with van der Waals surface area (Å²) < 4.78 is 55.4. The predicted molar refractivity (Wildman–Crippen MR) is 202 cm³/mol. The van der Waals surface area contributed by atoms with Gasteiger partial charge >= 0.3 is 11.9 Å². The summed E-state index contributed by atoms with van der Waals surface area (Å²) in [6.07, 6.45) is 2.42. The molecule has 0 aliphatic rings. The molecule has 0 radical (unpaired) electrons. The number of carbonyl (C=O) groups is 2. The third kappa shape index (κ3) is 10.6. The molecule has 0 bridgehead atoms. The van der Waals surface area contributed by atoms with Gasteiger partial charge in [0.05, 0.1) is 81.2 Å². The standard InChI is InChI=1S/C42H50O12/c1-45-33-15-9-12-27(20-33)18-29(14-11-17-53-41(43)30-22-35(47-3)39(51-7)36(23-30)48-4)32(19-28-13-10-16-34(21-28)46-2)26-54-42(44)31-24-37(49-5)40(52-8)38(25-31)50-6/h9-10,12-13,15-16,20-25,29,32H,11,14,17-19,26H2,1-8H3/t29-,32+/m1/s1. The first kappa shape index (κ1) is 41.0. The molecule has 54 heavy (non-hydrogen) atoms. The molecule has 290 valence electrons. The molecule has 0 heterocycles. The van der Waals surface area contributed by atoms with Gasteiger partial charge in [0.1, 0.15) is 11.5 Å². The van der Waals surface area contributed by atoms with Gasteiger partial charge in [-0.1, -0.05) is 24.3 Å². The van der Waals surface area contributed by atoms with Crippen LogP contribution in [0.25, 0.3) is 0 Å². The number of methoxy groups -OCH3 is 8. The monoisotopic (exact) mass is 746 g/mol. The number of carbonyl (C=O) groups excluding carboxylic acids is 2. The van der Waals surface area contributed by atoms with Crippen LogP contribution in [-0.2, 0) is 22.3 Å². The first-order valence-electron chi connectivity index (χ1n) is 17.4. The van der Waals surface area contributed by atoms with E-state index in [4.69, 9.17) is 47.4 Å². The van der Waals surface area contributed by atoms with Gasteiger partial charge in [0, 0.05) is 5.92 Å². The van der Waals surface area contributed by atoms with Gasteiger partial charge in [-0.25, -0.2) is 9.59 Å². The Bertz CT molecular complexity index is 1790. The molecule has 4 aromatic rings. The summed E-state index contributed by atoms with van der Waals surface area (Å²) in [7, 11) is 12.2. The van der Waals surface area contributed by atoms with Crippen molar-refractivity contribution in [3.63, 3.8) is 0 Å². The zero-order valence-corrected chi connectivity index (χ0v) is 32.2. The molecule has 0 spiro atoms. The Morgan fingerprint density at radius 3 is 1.33 bits per heavy atom. The molecule has 0 saturated carbocycles. The summed E-state index contributed by atoms with van der Waals surface area (Å²) in [6.45, 7) is 0.258. The van der Waals surface area contributed by atoms with Crippen molar-refractivity contribution in [2.75, 3.05) is 70.1 Å². The lowest BCUT2D eigenvalue weighted by atomic mass is 9.80. The molecule has 0 N–H and O–H groups in total. The number of benzene rings is 4. The second-order valence-corrected chi connectivity index (χ2v) is 12.3. The Labute approximate surface area is 317 Å². The fourth-order valence-corrected chi connectivity index (χ4v) is 6.33. The van der Waals surface area contributed by atoms with Crippen LogP contribution in [0.15, 0.2) is 72.8 Å². The van der Waals surface area contributed by atoms with Gasteiger partial charge in [-0.15, -0.1) is 0 Å². The minimum Gasteiger partial charge on any atom is -0.497 e. The van der Waals surface area contributed by atoms with E-state index in [9.17, 15) is 9.59 Å². The van der Waals surface area contributed by atoms with Crippen LogP contribution in [0, 0.1) is 11.8 Å². The van der Waals surface area contributed by atoms with Crippen molar-refractivity contribution >= 4 is 11.9 Å². The first-order valence-corrected chi connectivity index (χ1v) is 17.4. The van der Waals surface area contributed by atoms with Crippen molar-refractivity contribution in [2.45, 2.75) is 25.7 Å². The molecule has 0 aromatic heterocycles. The molecular formula is C42H50O12. The molecule has 0 fully saturated rings. The van der Waals surface area contributed by atoms with Crippen LogP contribution in [0.2, 0.25) is 0 Å². The van der Waals surface area contributed by atoms with E-state index in [0.29, 0.717) is 60.2 Å². The average molecular weight is 747 g/mol. The Balaban J connectivity index is 1.60. The minimum absolute atomic E-state index is 0.0177. The van der Waals surface area contributed by atoms with Gasteiger partial charge in [0.2, 0.25) is 11.5 Å². The van der Waals surface area contributed by atoms with Crippen LogP contribution in [0.3, 0.4) is 0 Å². The van der Waals surface area contributed by atoms with E-state index in [1.54, 1.807) is 38.5 Å². The van der Waals surface area contributed by atoms with E-state index >= 15 is 0 Å². The lowest BCUT2D eigenvalue weighted by Gasteiger charge is -2.28. The molecule has 0 aliphatic carbocycles. The van der Waals surface area contributed by atoms with Gasteiger partial charge in [-0.2, -0.15) is 0 Å². The maximum absolute atomic E-state index is 13.6. The largest absolute Gasteiger partial charge is 0.497 e. The van der Waals surface area contributed by atoms with Crippen LogP contribution in [-0.4, -0.2) is 82.0 Å². The minimum atomic E-state index is -0.538. The molecule has 0 unspecified atom stereocenters. The number of hydrogen-bond donors (Lipinski definition) is 0. The molecule has 2 atom stereocenters. The van der Waals surface area contributed by atoms with E-state index in [2.05, 4.69) is 0 Å². The average Bonchev–Trinajstić information content (AvgIpc) is 3.21. The van der Waals surface area contributed by atoms with Crippen molar-refractivity contribution < 1.29 is 57.0 Å². The summed E-state index contributed by atoms with van der Waals surface area (Å²) in [4.78, 5) is 26.8. The van der Waals surface area contributed by atoms with Gasteiger partial charge in [0.15, 0.2) is 23.0 Å². The van der Waals surface area contributed by atoms with Gasteiger partial charge in [-0.05, 0) is 91.3 Å². The molecule has 4 aromatic carbocycles. The highest BCUT2D eigenvalue weighted by molar-refractivity contribution is 5.91. The fraction of sp³-hybridized carbons (Fsp3) is 0.381. The Morgan fingerprint density at radius 1 is 0.500 bits per heavy atom.